The second-order valence-electron chi connectivity index (χ2n) is 5.81. The van der Waals surface area contributed by atoms with Crippen molar-refractivity contribution in [3.05, 3.63) is 59.7 Å². The van der Waals surface area contributed by atoms with Gasteiger partial charge in [0.15, 0.2) is 0 Å². The van der Waals surface area contributed by atoms with E-state index in [1.54, 1.807) is 24.3 Å². The van der Waals surface area contributed by atoms with Gasteiger partial charge in [-0.1, -0.05) is 32.0 Å². The summed E-state index contributed by atoms with van der Waals surface area (Å²) in [5, 5.41) is 5.74. The molecule has 5 nitrogen and oxygen atoms in total. The Morgan fingerprint density at radius 1 is 1.12 bits per heavy atom. The van der Waals surface area contributed by atoms with Crippen LogP contribution in [0.2, 0.25) is 0 Å². The summed E-state index contributed by atoms with van der Waals surface area (Å²) >= 11 is 0. The Morgan fingerprint density at radius 2 is 1.84 bits per heavy atom. The number of anilines is 2. The highest BCUT2D eigenvalue weighted by Crippen LogP contribution is 2.13. The van der Waals surface area contributed by atoms with Crippen molar-refractivity contribution >= 4 is 35.6 Å². The maximum Gasteiger partial charge on any atom is 0.251 e. The zero-order valence-corrected chi connectivity index (χ0v) is 15.2. The fraction of sp³-hybridized carbons (Fsp3) is 0.263. The van der Waals surface area contributed by atoms with Crippen LogP contribution >= 0.6 is 12.4 Å². The second kappa shape index (κ2) is 9.69. The molecule has 1 unspecified atom stereocenters. The summed E-state index contributed by atoms with van der Waals surface area (Å²) in [5.74, 6) is -0.216. The fourth-order valence-corrected chi connectivity index (χ4v) is 2.17. The van der Waals surface area contributed by atoms with Crippen LogP contribution in [0.3, 0.4) is 0 Å². The summed E-state index contributed by atoms with van der Waals surface area (Å²) in [4.78, 5) is 24.1. The van der Waals surface area contributed by atoms with Gasteiger partial charge in [-0.15, -0.1) is 12.4 Å². The largest absolute Gasteiger partial charge is 0.399 e. The molecule has 0 aliphatic rings. The van der Waals surface area contributed by atoms with E-state index in [0.29, 0.717) is 17.8 Å². The minimum absolute atomic E-state index is 0. The monoisotopic (exact) mass is 361 g/mol. The lowest BCUT2D eigenvalue weighted by atomic mass is 10.1. The number of carbonyl (C=O) groups excluding carboxylic acids is 2. The number of nitrogens with one attached hydrogen (secondary N) is 2. The molecule has 0 radical (unpaired) electrons. The molecule has 2 amide bonds. The second-order valence-corrected chi connectivity index (χ2v) is 5.81. The molecule has 0 saturated heterocycles. The van der Waals surface area contributed by atoms with Crippen molar-refractivity contribution in [3.8, 4) is 0 Å². The summed E-state index contributed by atoms with van der Waals surface area (Å²) in [7, 11) is 0. The molecule has 0 spiro atoms. The van der Waals surface area contributed by atoms with Crippen molar-refractivity contribution < 1.29 is 9.59 Å². The first-order chi connectivity index (χ1) is 11.5. The molecule has 2 rings (SSSR count). The predicted octanol–water partition coefficient (Wildman–Crippen LogP) is 3.61. The first-order valence-corrected chi connectivity index (χ1v) is 8.03. The highest BCUT2D eigenvalue weighted by molar-refractivity contribution is 5.95. The van der Waals surface area contributed by atoms with Crippen LogP contribution in [0.15, 0.2) is 48.5 Å². The van der Waals surface area contributed by atoms with Gasteiger partial charge in [0, 0.05) is 29.4 Å². The molecule has 0 saturated carbocycles. The Balaban J connectivity index is 0.00000312. The van der Waals surface area contributed by atoms with Crippen molar-refractivity contribution in [2.45, 2.75) is 26.8 Å². The number of amides is 2. The van der Waals surface area contributed by atoms with Gasteiger partial charge in [-0.25, -0.2) is 0 Å². The maximum absolute atomic E-state index is 12.1. The molecule has 0 aliphatic carbocycles. The molecule has 1 atom stereocenters. The van der Waals surface area contributed by atoms with Crippen molar-refractivity contribution in [1.29, 1.82) is 0 Å². The Bertz CT molecular complexity index is 734. The number of benzene rings is 2. The van der Waals surface area contributed by atoms with Crippen molar-refractivity contribution in [3.63, 3.8) is 0 Å². The molecule has 2 aromatic rings. The van der Waals surface area contributed by atoms with Gasteiger partial charge in [0.1, 0.15) is 0 Å². The van der Waals surface area contributed by atoms with E-state index >= 15 is 0 Å². The van der Waals surface area contributed by atoms with Crippen LogP contribution in [-0.4, -0.2) is 11.8 Å². The zero-order chi connectivity index (χ0) is 17.5. The molecule has 0 fully saturated rings. The minimum Gasteiger partial charge on any atom is -0.399 e. The van der Waals surface area contributed by atoms with E-state index in [-0.39, 0.29) is 30.1 Å². The van der Waals surface area contributed by atoms with E-state index in [2.05, 4.69) is 10.6 Å². The van der Waals surface area contributed by atoms with E-state index in [1.165, 1.54) is 0 Å². The molecule has 4 N–H and O–H groups in total. The predicted molar refractivity (Wildman–Crippen MR) is 104 cm³/mol. The van der Waals surface area contributed by atoms with E-state index < -0.39 is 0 Å². The summed E-state index contributed by atoms with van der Waals surface area (Å²) in [6, 6.07) is 14.3. The molecule has 25 heavy (non-hydrogen) atoms. The molecule has 6 heteroatoms. The van der Waals surface area contributed by atoms with Crippen LogP contribution in [0.4, 0.5) is 11.4 Å². The van der Waals surface area contributed by atoms with Gasteiger partial charge >= 0.3 is 0 Å². The Kier molecular flexibility index (Phi) is 7.95. The molecule has 0 bridgehead atoms. The van der Waals surface area contributed by atoms with Gasteiger partial charge in [-0.05, 0) is 42.3 Å². The number of hydrogen-bond acceptors (Lipinski definition) is 3. The smallest absolute Gasteiger partial charge is 0.251 e. The average molecular weight is 362 g/mol. The molecular weight excluding hydrogens is 338 g/mol. The minimum atomic E-state index is -0.184. The third kappa shape index (κ3) is 6.12. The third-order valence-corrected chi connectivity index (χ3v) is 3.86. The van der Waals surface area contributed by atoms with Gasteiger partial charge in [-0.3, -0.25) is 9.59 Å². The van der Waals surface area contributed by atoms with Crippen LogP contribution in [0.5, 0.6) is 0 Å². The van der Waals surface area contributed by atoms with Crippen molar-refractivity contribution in [1.82, 2.24) is 5.32 Å². The zero-order valence-electron chi connectivity index (χ0n) is 14.4. The highest BCUT2D eigenvalue weighted by Gasteiger charge is 2.11. The molecule has 2 aromatic carbocycles. The van der Waals surface area contributed by atoms with Crippen molar-refractivity contribution in [2.75, 3.05) is 11.1 Å². The lowest BCUT2D eigenvalue weighted by Gasteiger charge is -2.11. The number of halogens is 1. The van der Waals surface area contributed by atoms with Gasteiger partial charge in [0.25, 0.3) is 5.91 Å². The molecule has 0 heterocycles. The lowest BCUT2D eigenvalue weighted by Crippen LogP contribution is -2.23. The van der Waals surface area contributed by atoms with E-state index in [9.17, 15) is 9.59 Å². The quantitative estimate of drug-likeness (QED) is 0.687. The summed E-state index contributed by atoms with van der Waals surface area (Å²) < 4.78 is 0. The SMILES string of the molecule is CCC(C)C(=O)Nc1cccc(CNC(=O)c2cccc(N)c2)c1.Cl. The molecule has 0 aliphatic heterocycles. The topological polar surface area (TPSA) is 84.2 Å². The number of hydrogen-bond donors (Lipinski definition) is 3. The first kappa shape index (κ1) is 20.5. The van der Waals surface area contributed by atoms with Gasteiger partial charge < -0.3 is 16.4 Å². The van der Waals surface area contributed by atoms with E-state index in [1.807, 2.05) is 38.1 Å². The number of nitrogen functional groups attached to an aromatic ring is 1. The van der Waals surface area contributed by atoms with Crippen LogP contribution in [0.1, 0.15) is 36.2 Å². The van der Waals surface area contributed by atoms with Gasteiger partial charge in [0.2, 0.25) is 5.91 Å². The van der Waals surface area contributed by atoms with Crippen molar-refractivity contribution in [2.24, 2.45) is 5.92 Å². The average Bonchev–Trinajstić information content (AvgIpc) is 2.59. The number of rotatable bonds is 6. The Labute approximate surface area is 154 Å². The molecular formula is C19H24ClN3O2. The maximum atomic E-state index is 12.1. The normalized spacial score (nSPS) is 11.1. The Morgan fingerprint density at radius 3 is 2.52 bits per heavy atom. The third-order valence-electron chi connectivity index (χ3n) is 3.86. The molecule has 0 aromatic heterocycles. The molecule has 134 valence electrons. The summed E-state index contributed by atoms with van der Waals surface area (Å²) in [6.45, 7) is 4.25. The Hall–Kier alpha value is -2.53. The van der Waals surface area contributed by atoms with E-state index in [4.69, 9.17) is 5.73 Å². The fourth-order valence-electron chi connectivity index (χ4n) is 2.17. The highest BCUT2D eigenvalue weighted by atomic mass is 35.5. The number of nitrogens with two attached hydrogens (primary N) is 1. The lowest BCUT2D eigenvalue weighted by molar-refractivity contribution is -0.119. The standard InChI is InChI=1S/C19H23N3O2.ClH/c1-3-13(2)18(23)22-17-9-4-6-14(10-17)12-21-19(24)15-7-5-8-16(20)11-15;/h4-11,13H,3,12,20H2,1-2H3,(H,21,24)(H,22,23);1H. The van der Waals surface area contributed by atoms with Gasteiger partial charge in [-0.2, -0.15) is 0 Å². The van der Waals surface area contributed by atoms with E-state index in [0.717, 1.165) is 17.7 Å². The first-order valence-electron chi connectivity index (χ1n) is 8.03. The van der Waals surface area contributed by atoms with Crippen LogP contribution < -0.4 is 16.4 Å². The van der Waals surface area contributed by atoms with Crippen LogP contribution in [0.25, 0.3) is 0 Å². The van der Waals surface area contributed by atoms with Crippen LogP contribution in [-0.2, 0) is 11.3 Å². The van der Waals surface area contributed by atoms with Crippen LogP contribution in [0, 0.1) is 5.92 Å². The summed E-state index contributed by atoms with van der Waals surface area (Å²) in [6.07, 6.45) is 0.793. The number of carbonyl (C=O) groups is 2. The van der Waals surface area contributed by atoms with Gasteiger partial charge in [0.05, 0.1) is 0 Å². The summed E-state index contributed by atoms with van der Waals surface area (Å²) in [5.41, 5.74) is 8.41.